The van der Waals surface area contributed by atoms with E-state index in [-0.39, 0.29) is 24.2 Å². The summed E-state index contributed by atoms with van der Waals surface area (Å²) in [5, 5.41) is 2.85. The minimum Gasteiger partial charge on any atom is -0.496 e. The van der Waals surface area contributed by atoms with Crippen LogP contribution in [0.25, 0.3) is 0 Å². The maximum Gasteiger partial charge on any atom is 0.251 e. The van der Waals surface area contributed by atoms with Crippen LogP contribution in [-0.4, -0.2) is 26.1 Å². The molecule has 1 amide bonds. The van der Waals surface area contributed by atoms with Gasteiger partial charge in [0.2, 0.25) is 0 Å². The highest BCUT2D eigenvalue weighted by Crippen LogP contribution is 2.18. The second-order valence-corrected chi connectivity index (χ2v) is 4.24. The first-order chi connectivity index (χ1) is 8.08. The number of carbonyl (C=O) groups is 1. The molecule has 1 aromatic rings. The number of hydrogen-bond acceptors (Lipinski definition) is 3. The molecule has 0 aromatic heterocycles. The fourth-order valence-electron chi connectivity index (χ4n) is 1.41. The van der Waals surface area contributed by atoms with Crippen LogP contribution in [-0.2, 0) is 0 Å². The molecule has 0 radical (unpaired) electrons. The molecule has 1 atom stereocenters. The van der Waals surface area contributed by atoms with Gasteiger partial charge in [-0.15, -0.1) is 12.4 Å². The quantitative estimate of drug-likeness (QED) is 0.858. The molecule has 1 rings (SSSR count). The molecule has 1 unspecified atom stereocenters. The lowest BCUT2D eigenvalue weighted by Gasteiger charge is -2.11. The summed E-state index contributed by atoms with van der Waals surface area (Å²) in [5.74, 6) is 0.916. The summed E-state index contributed by atoms with van der Waals surface area (Å²) >= 11 is 0. The van der Waals surface area contributed by atoms with E-state index in [4.69, 9.17) is 10.5 Å². The van der Waals surface area contributed by atoms with Crippen LogP contribution >= 0.6 is 12.4 Å². The SMILES string of the molecule is COc1cc(C(=O)NCC(C)CN)ccc1C.Cl. The van der Waals surface area contributed by atoms with Crippen LogP contribution < -0.4 is 15.8 Å². The minimum absolute atomic E-state index is 0. The first-order valence-electron chi connectivity index (χ1n) is 5.71. The lowest BCUT2D eigenvalue weighted by Crippen LogP contribution is -2.31. The predicted molar refractivity (Wildman–Crippen MR) is 75.5 cm³/mol. The predicted octanol–water partition coefficient (Wildman–Crippen LogP) is 1.75. The highest BCUT2D eigenvalue weighted by Gasteiger charge is 2.09. The molecule has 0 bridgehead atoms. The van der Waals surface area contributed by atoms with Crippen molar-refractivity contribution in [3.05, 3.63) is 29.3 Å². The summed E-state index contributed by atoms with van der Waals surface area (Å²) in [6, 6.07) is 5.41. The minimum atomic E-state index is -0.0939. The van der Waals surface area contributed by atoms with Gasteiger partial charge in [0.15, 0.2) is 0 Å². The van der Waals surface area contributed by atoms with Crippen LogP contribution in [0.3, 0.4) is 0 Å². The van der Waals surface area contributed by atoms with E-state index in [9.17, 15) is 4.79 Å². The van der Waals surface area contributed by atoms with Gasteiger partial charge in [-0.05, 0) is 37.1 Å². The number of rotatable bonds is 5. The molecular weight excluding hydrogens is 252 g/mol. The fourth-order valence-corrected chi connectivity index (χ4v) is 1.41. The summed E-state index contributed by atoms with van der Waals surface area (Å²) < 4.78 is 5.18. The molecule has 0 spiro atoms. The number of aryl methyl sites for hydroxylation is 1. The molecule has 5 heteroatoms. The smallest absolute Gasteiger partial charge is 0.251 e. The number of ether oxygens (including phenoxy) is 1. The molecule has 0 aliphatic heterocycles. The average molecular weight is 273 g/mol. The Morgan fingerprint density at radius 3 is 2.72 bits per heavy atom. The van der Waals surface area contributed by atoms with Crippen molar-refractivity contribution in [1.29, 1.82) is 0 Å². The third-order valence-corrected chi connectivity index (χ3v) is 2.68. The summed E-state index contributed by atoms with van der Waals surface area (Å²) in [4.78, 5) is 11.8. The van der Waals surface area contributed by atoms with Crippen molar-refractivity contribution in [2.45, 2.75) is 13.8 Å². The van der Waals surface area contributed by atoms with Crippen molar-refractivity contribution in [3.8, 4) is 5.75 Å². The van der Waals surface area contributed by atoms with Crippen molar-refractivity contribution in [1.82, 2.24) is 5.32 Å². The van der Waals surface area contributed by atoms with Gasteiger partial charge in [-0.3, -0.25) is 4.79 Å². The van der Waals surface area contributed by atoms with E-state index >= 15 is 0 Å². The number of hydrogen-bond donors (Lipinski definition) is 2. The Kier molecular flexibility index (Phi) is 7.39. The molecule has 0 aliphatic carbocycles. The molecule has 0 fully saturated rings. The fraction of sp³-hybridized carbons (Fsp3) is 0.462. The van der Waals surface area contributed by atoms with Gasteiger partial charge in [0.1, 0.15) is 5.75 Å². The molecule has 3 N–H and O–H groups in total. The number of nitrogens with one attached hydrogen (secondary N) is 1. The average Bonchev–Trinajstić information content (AvgIpc) is 2.35. The zero-order valence-electron chi connectivity index (χ0n) is 11.0. The van der Waals surface area contributed by atoms with Crippen molar-refractivity contribution in [2.24, 2.45) is 11.7 Å². The van der Waals surface area contributed by atoms with Crippen LogP contribution in [0, 0.1) is 12.8 Å². The molecule has 0 heterocycles. The lowest BCUT2D eigenvalue weighted by molar-refractivity contribution is 0.0948. The van der Waals surface area contributed by atoms with Crippen LogP contribution in [0.4, 0.5) is 0 Å². The number of methoxy groups -OCH3 is 1. The van der Waals surface area contributed by atoms with Crippen LogP contribution in [0.2, 0.25) is 0 Å². The van der Waals surface area contributed by atoms with E-state index in [1.165, 1.54) is 0 Å². The maximum atomic E-state index is 11.8. The largest absolute Gasteiger partial charge is 0.496 e. The van der Waals surface area contributed by atoms with Gasteiger partial charge in [0, 0.05) is 12.1 Å². The number of nitrogens with two attached hydrogens (primary N) is 1. The summed E-state index contributed by atoms with van der Waals surface area (Å²) in [7, 11) is 1.60. The zero-order valence-corrected chi connectivity index (χ0v) is 11.8. The number of carbonyl (C=O) groups excluding carboxylic acids is 1. The van der Waals surface area contributed by atoms with Crippen molar-refractivity contribution < 1.29 is 9.53 Å². The molecule has 18 heavy (non-hydrogen) atoms. The van der Waals surface area contributed by atoms with E-state index < -0.39 is 0 Å². The second-order valence-electron chi connectivity index (χ2n) is 4.24. The van der Waals surface area contributed by atoms with Gasteiger partial charge in [0.25, 0.3) is 5.91 Å². The molecule has 0 saturated heterocycles. The number of amides is 1. The van der Waals surface area contributed by atoms with Gasteiger partial charge in [-0.25, -0.2) is 0 Å². The molecule has 0 saturated carbocycles. The van der Waals surface area contributed by atoms with Gasteiger partial charge in [-0.1, -0.05) is 13.0 Å². The van der Waals surface area contributed by atoms with Crippen molar-refractivity contribution >= 4 is 18.3 Å². The summed E-state index contributed by atoms with van der Waals surface area (Å²) in [6.45, 7) is 5.09. The molecule has 1 aromatic carbocycles. The van der Waals surface area contributed by atoms with Crippen LogP contribution in [0.5, 0.6) is 5.75 Å². The first-order valence-corrected chi connectivity index (χ1v) is 5.71. The Hall–Kier alpha value is -1.26. The van der Waals surface area contributed by atoms with E-state index in [1.54, 1.807) is 19.2 Å². The first kappa shape index (κ1) is 16.7. The highest BCUT2D eigenvalue weighted by atomic mass is 35.5. The number of halogens is 1. The lowest BCUT2D eigenvalue weighted by atomic mass is 10.1. The Bertz CT molecular complexity index is 397. The van der Waals surface area contributed by atoms with E-state index in [0.29, 0.717) is 18.7 Å². The Morgan fingerprint density at radius 1 is 1.50 bits per heavy atom. The summed E-state index contributed by atoms with van der Waals surface area (Å²) in [6.07, 6.45) is 0. The standard InChI is InChI=1S/C13H20N2O2.ClH/c1-9(7-14)8-15-13(16)11-5-4-10(2)12(6-11)17-3;/h4-6,9H,7-8,14H2,1-3H3,(H,15,16);1H. The Morgan fingerprint density at radius 2 is 2.17 bits per heavy atom. The zero-order chi connectivity index (χ0) is 12.8. The van der Waals surface area contributed by atoms with Crippen molar-refractivity contribution in [3.63, 3.8) is 0 Å². The molecular formula is C13H21ClN2O2. The second kappa shape index (κ2) is 7.95. The third-order valence-electron chi connectivity index (χ3n) is 2.68. The van der Waals surface area contributed by atoms with E-state index in [0.717, 1.165) is 11.3 Å². The van der Waals surface area contributed by atoms with E-state index in [2.05, 4.69) is 5.32 Å². The van der Waals surface area contributed by atoms with Gasteiger partial charge < -0.3 is 15.8 Å². The molecule has 102 valence electrons. The van der Waals surface area contributed by atoms with Crippen molar-refractivity contribution in [2.75, 3.05) is 20.2 Å². The maximum absolute atomic E-state index is 11.8. The third kappa shape index (κ3) is 4.55. The Balaban J connectivity index is 0.00000289. The molecule has 0 aliphatic rings. The summed E-state index contributed by atoms with van der Waals surface area (Å²) in [5.41, 5.74) is 7.11. The van der Waals surface area contributed by atoms with Gasteiger partial charge >= 0.3 is 0 Å². The Labute approximate surface area is 114 Å². The van der Waals surface area contributed by atoms with Gasteiger partial charge in [-0.2, -0.15) is 0 Å². The number of benzene rings is 1. The highest BCUT2D eigenvalue weighted by molar-refractivity contribution is 5.94. The van der Waals surface area contributed by atoms with Gasteiger partial charge in [0.05, 0.1) is 7.11 Å². The van der Waals surface area contributed by atoms with Crippen LogP contribution in [0.15, 0.2) is 18.2 Å². The molecule has 4 nitrogen and oxygen atoms in total. The monoisotopic (exact) mass is 272 g/mol. The van der Waals surface area contributed by atoms with Crippen LogP contribution in [0.1, 0.15) is 22.8 Å². The topological polar surface area (TPSA) is 64.3 Å². The normalized spacial score (nSPS) is 11.3. The van der Waals surface area contributed by atoms with E-state index in [1.807, 2.05) is 19.9 Å².